The maximum Gasteiger partial charge on any atom is 0.266 e. The van der Waals surface area contributed by atoms with E-state index in [9.17, 15) is 4.79 Å². The first-order valence-corrected chi connectivity index (χ1v) is 9.00. The number of nitrogens with zero attached hydrogens (tertiary/aromatic N) is 2. The molecule has 0 unspecified atom stereocenters. The number of carbonyl (C=O) groups is 1. The largest absolute Gasteiger partial charge is 0.497 e. The molecule has 0 saturated carbocycles. The fourth-order valence-corrected chi connectivity index (χ4v) is 3.33. The highest BCUT2D eigenvalue weighted by molar-refractivity contribution is 8.01. The van der Waals surface area contributed by atoms with E-state index in [1.54, 1.807) is 44.0 Å². The molecule has 0 saturated heterocycles. The number of anilines is 1. The lowest BCUT2D eigenvalue weighted by Crippen LogP contribution is -2.30. The highest BCUT2D eigenvalue weighted by Gasteiger charge is 2.17. The first-order valence-electron chi connectivity index (χ1n) is 7.20. The number of rotatable bonds is 8. The number of ether oxygens (including phenoxy) is 2. The molecule has 1 heterocycles. The van der Waals surface area contributed by atoms with Gasteiger partial charge in [0.25, 0.3) is 5.91 Å². The second kappa shape index (κ2) is 8.73. The Kier molecular flexibility index (Phi) is 6.66. The molecule has 0 bridgehead atoms. The maximum atomic E-state index is 12.2. The SMILES string of the molecule is CCCSc1nnc(NC(=O)[C@H](C)Oc2cccc(OC)c2)s1. The number of carbonyl (C=O) groups excluding carboxylic acids is 1. The zero-order chi connectivity index (χ0) is 16.7. The van der Waals surface area contributed by atoms with Gasteiger partial charge in [-0.25, -0.2) is 0 Å². The van der Waals surface area contributed by atoms with Crippen molar-refractivity contribution in [3.05, 3.63) is 24.3 Å². The summed E-state index contributed by atoms with van der Waals surface area (Å²) in [7, 11) is 1.58. The quantitative estimate of drug-likeness (QED) is 0.579. The molecule has 6 nitrogen and oxygen atoms in total. The maximum absolute atomic E-state index is 12.2. The number of amides is 1. The molecule has 0 aliphatic rings. The van der Waals surface area contributed by atoms with Crippen molar-refractivity contribution in [2.45, 2.75) is 30.7 Å². The third-order valence-electron chi connectivity index (χ3n) is 2.79. The Hall–Kier alpha value is -1.80. The smallest absolute Gasteiger partial charge is 0.266 e. The molecule has 1 atom stereocenters. The number of hydrogen-bond acceptors (Lipinski definition) is 7. The van der Waals surface area contributed by atoms with E-state index in [4.69, 9.17) is 9.47 Å². The summed E-state index contributed by atoms with van der Waals surface area (Å²) in [5.74, 6) is 1.97. The lowest BCUT2D eigenvalue weighted by atomic mass is 10.3. The van der Waals surface area contributed by atoms with Gasteiger partial charge >= 0.3 is 0 Å². The van der Waals surface area contributed by atoms with Gasteiger partial charge in [0.1, 0.15) is 11.5 Å². The zero-order valence-corrected chi connectivity index (χ0v) is 14.9. The molecular formula is C15H19N3O3S2. The topological polar surface area (TPSA) is 73.3 Å². The number of aromatic nitrogens is 2. The monoisotopic (exact) mass is 353 g/mol. The van der Waals surface area contributed by atoms with E-state index in [0.29, 0.717) is 16.6 Å². The lowest BCUT2D eigenvalue weighted by molar-refractivity contribution is -0.122. The van der Waals surface area contributed by atoms with E-state index in [1.807, 2.05) is 6.07 Å². The van der Waals surface area contributed by atoms with Gasteiger partial charge in [-0.2, -0.15) is 0 Å². The summed E-state index contributed by atoms with van der Waals surface area (Å²) in [6, 6.07) is 7.13. The van der Waals surface area contributed by atoms with Gasteiger partial charge in [-0.15, -0.1) is 10.2 Å². The molecule has 2 rings (SSSR count). The summed E-state index contributed by atoms with van der Waals surface area (Å²) in [5.41, 5.74) is 0. The lowest BCUT2D eigenvalue weighted by Gasteiger charge is -2.14. The molecule has 1 N–H and O–H groups in total. The van der Waals surface area contributed by atoms with Crippen molar-refractivity contribution in [1.82, 2.24) is 10.2 Å². The van der Waals surface area contributed by atoms with Crippen LogP contribution in [-0.2, 0) is 4.79 Å². The summed E-state index contributed by atoms with van der Waals surface area (Å²) in [5, 5.41) is 11.2. The Labute approximate surface area is 143 Å². The zero-order valence-electron chi connectivity index (χ0n) is 13.2. The molecule has 0 radical (unpaired) electrons. The van der Waals surface area contributed by atoms with E-state index < -0.39 is 6.10 Å². The van der Waals surface area contributed by atoms with Gasteiger partial charge in [0.15, 0.2) is 10.4 Å². The summed E-state index contributed by atoms with van der Waals surface area (Å²) < 4.78 is 11.6. The van der Waals surface area contributed by atoms with Crippen LogP contribution in [0, 0.1) is 0 Å². The van der Waals surface area contributed by atoms with Crippen molar-refractivity contribution >= 4 is 34.1 Å². The molecule has 124 valence electrons. The highest BCUT2D eigenvalue weighted by atomic mass is 32.2. The molecule has 1 aromatic heterocycles. The summed E-state index contributed by atoms with van der Waals surface area (Å²) in [4.78, 5) is 12.2. The van der Waals surface area contributed by atoms with Crippen LogP contribution in [0.2, 0.25) is 0 Å². The van der Waals surface area contributed by atoms with Gasteiger partial charge < -0.3 is 9.47 Å². The van der Waals surface area contributed by atoms with Crippen LogP contribution in [0.25, 0.3) is 0 Å². The summed E-state index contributed by atoms with van der Waals surface area (Å²) in [6.07, 6.45) is 0.412. The second-order valence-electron chi connectivity index (χ2n) is 4.65. The summed E-state index contributed by atoms with van der Waals surface area (Å²) in [6.45, 7) is 3.79. The van der Waals surface area contributed by atoms with Crippen LogP contribution < -0.4 is 14.8 Å². The Morgan fingerprint density at radius 2 is 2.17 bits per heavy atom. The highest BCUT2D eigenvalue weighted by Crippen LogP contribution is 2.26. The first kappa shape index (κ1) is 17.6. The number of benzene rings is 1. The molecule has 23 heavy (non-hydrogen) atoms. The Balaban J connectivity index is 1.90. The molecule has 2 aromatic rings. The van der Waals surface area contributed by atoms with Gasteiger partial charge in [-0.1, -0.05) is 36.1 Å². The molecule has 1 aromatic carbocycles. The Morgan fingerprint density at radius 1 is 1.39 bits per heavy atom. The summed E-state index contributed by atoms with van der Waals surface area (Å²) >= 11 is 3.00. The molecule has 1 amide bonds. The van der Waals surface area contributed by atoms with E-state index >= 15 is 0 Å². The number of nitrogens with one attached hydrogen (secondary N) is 1. The van der Waals surface area contributed by atoms with Crippen LogP contribution in [0.4, 0.5) is 5.13 Å². The number of thioether (sulfide) groups is 1. The van der Waals surface area contributed by atoms with Crippen LogP contribution in [0.1, 0.15) is 20.3 Å². The Bertz CT molecular complexity index is 648. The average Bonchev–Trinajstić information content (AvgIpc) is 3.00. The van der Waals surface area contributed by atoms with Crippen molar-refractivity contribution in [2.24, 2.45) is 0 Å². The van der Waals surface area contributed by atoms with Crippen molar-refractivity contribution in [3.63, 3.8) is 0 Å². The molecular weight excluding hydrogens is 334 g/mol. The minimum atomic E-state index is -0.655. The van der Waals surface area contributed by atoms with Crippen molar-refractivity contribution in [2.75, 3.05) is 18.2 Å². The predicted octanol–water partition coefficient (Wildman–Crippen LogP) is 3.45. The number of methoxy groups -OCH3 is 1. The van der Waals surface area contributed by atoms with Crippen molar-refractivity contribution in [1.29, 1.82) is 0 Å². The average molecular weight is 353 g/mol. The third kappa shape index (κ3) is 5.40. The van der Waals surface area contributed by atoms with Crippen LogP contribution in [0.15, 0.2) is 28.6 Å². The van der Waals surface area contributed by atoms with E-state index in [0.717, 1.165) is 16.5 Å². The molecule has 0 fully saturated rings. The molecule has 0 aliphatic carbocycles. The van der Waals surface area contributed by atoms with Gasteiger partial charge in [0.2, 0.25) is 5.13 Å². The van der Waals surface area contributed by atoms with E-state index in [-0.39, 0.29) is 5.91 Å². The third-order valence-corrected chi connectivity index (χ3v) is 4.97. The van der Waals surface area contributed by atoms with Gasteiger partial charge in [0, 0.05) is 11.8 Å². The van der Waals surface area contributed by atoms with Crippen LogP contribution in [0.5, 0.6) is 11.5 Å². The van der Waals surface area contributed by atoms with E-state index in [2.05, 4.69) is 22.4 Å². The standard InChI is InChI=1S/C15H19N3O3S2/c1-4-8-22-15-18-17-14(23-15)16-13(19)10(2)21-12-7-5-6-11(9-12)20-3/h5-7,9-10H,4,8H2,1-3H3,(H,16,17,19)/t10-/m0/s1. The first-order chi connectivity index (χ1) is 11.1. The minimum Gasteiger partial charge on any atom is -0.497 e. The van der Waals surface area contributed by atoms with Crippen LogP contribution >= 0.6 is 23.1 Å². The second-order valence-corrected chi connectivity index (χ2v) is 6.97. The van der Waals surface area contributed by atoms with Gasteiger partial charge in [-0.05, 0) is 25.5 Å². The van der Waals surface area contributed by atoms with Crippen molar-refractivity contribution in [3.8, 4) is 11.5 Å². The number of hydrogen-bond donors (Lipinski definition) is 1. The fraction of sp³-hybridized carbons (Fsp3) is 0.400. The van der Waals surface area contributed by atoms with Crippen LogP contribution in [0.3, 0.4) is 0 Å². The molecule has 8 heteroatoms. The molecule has 0 aliphatic heterocycles. The normalized spacial score (nSPS) is 11.8. The van der Waals surface area contributed by atoms with Gasteiger partial charge in [0.05, 0.1) is 7.11 Å². The van der Waals surface area contributed by atoms with E-state index in [1.165, 1.54) is 11.3 Å². The Morgan fingerprint density at radius 3 is 2.91 bits per heavy atom. The fourth-order valence-electron chi connectivity index (χ4n) is 1.65. The minimum absolute atomic E-state index is 0.268. The van der Waals surface area contributed by atoms with Crippen molar-refractivity contribution < 1.29 is 14.3 Å². The molecule has 0 spiro atoms. The van der Waals surface area contributed by atoms with Gasteiger partial charge in [-0.3, -0.25) is 10.1 Å². The predicted molar refractivity (Wildman–Crippen MR) is 92.6 cm³/mol. The van der Waals surface area contributed by atoms with Crippen LogP contribution in [-0.4, -0.2) is 35.1 Å².